The second-order valence-corrected chi connectivity index (χ2v) is 6.92. The number of benzene rings is 2. The summed E-state index contributed by atoms with van der Waals surface area (Å²) in [5.41, 5.74) is 3.54. The van der Waals surface area contributed by atoms with E-state index in [0.29, 0.717) is 28.0 Å². The molecule has 0 unspecified atom stereocenters. The Kier molecular flexibility index (Phi) is 7.81. The molecule has 2 N–H and O–H groups in total. The molecular formula is C18H16Br2N2O5. The van der Waals surface area contributed by atoms with Crippen LogP contribution in [0.15, 0.2) is 50.4 Å². The molecule has 2 rings (SSSR count). The van der Waals surface area contributed by atoms with Crippen LogP contribution in [-0.4, -0.2) is 36.4 Å². The third-order valence-electron chi connectivity index (χ3n) is 3.14. The predicted molar refractivity (Wildman–Crippen MR) is 108 cm³/mol. The predicted octanol–water partition coefficient (Wildman–Crippen LogP) is 3.84. The Morgan fingerprint density at radius 3 is 2.67 bits per heavy atom. The lowest BCUT2D eigenvalue weighted by atomic mass is 10.2. The Morgan fingerprint density at radius 1 is 1.22 bits per heavy atom. The zero-order valence-corrected chi connectivity index (χ0v) is 17.4. The Balaban J connectivity index is 2.14. The van der Waals surface area contributed by atoms with E-state index < -0.39 is 12.6 Å². The molecule has 0 fully saturated rings. The highest BCUT2D eigenvalue weighted by atomic mass is 79.9. The summed E-state index contributed by atoms with van der Waals surface area (Å²) in [6, 6.07) is 10.2. The molecule has 9 heteroatoms. The van der Waals surface area contributed by atoms with Crippen molar-refractivity contribution in [2.75, 3.05) is 13.2 Å². The van der Waals surface area contributed by atoms with Crippen LogP contribution in [0.5, 0.6) is 11.5 Å². The first-order valence-electron chi connectivity index (χ1n) is 7.80. The topological polar surface area (TPSA) is 97.2 Å². The number of carboxylic acid groups (broad SMARTS) is 1. The third-order valence-corrected chi connectivity index (χ3v) is 4.22. The third kappa shape index (κ3) is 6.37. The van der Waals surface area contributed by atoms with Gasteiger partial charge in [-0.2, -0.15) is 5.10 Å². The van der Waals surface area contributed by atoms with Crippen molar-refractivity contribution >= 4 is 50.0 Å². The lowest BCUT2D eigenvalue weighted by molar-refractivity contribution is -0.139. The van der Waals surface area contributed by atoms with E-state index in [9.17, 15) is 9.59 Å². The number of ether oxygens (including phenoxy) is 2. The minimum Gasteiger partial charge on any atom is -0.490 e. The van der Waals surface area contributed by atoms with Crippen molar-refractivity contribution in [2.45, 2.75) is 6.92 Å². The molecule has 27 heavy (non-hydrogen) atoms. The van der Waals surface area contributed by atoms with Gasteiger partial charge in [-0.25, -0.2) is 10.2 Å². The van der Waals surface area contributed by atoms with Crippen LogP contribution < -0.4 is 14.9 Å². The van der Waals surface area contributed by atoms with Gasteiger partial charge in [-0.3, -0.25) is 4.79 Å². The van der Waals surface area contributed by atoms with Crippen molar-refractivity contribution in [1.82, 2.24) is 5.43 Å². The van der Waals surface area contributed by atoms with Crippen LogP contribution in [0.3, 0.4) is 0 Å². The highest BCUT2D eigenvalue weighted by molar-refractivity contribution is 9.10. The van der Waals surface area contributed by atoms with E-state index in [-0.39, 0.29) is 11.7 Å². The summed E-state index contributed by atoms with van der Waals surface area (Å²) in [6.45, 7) is 1.68. The summed E-state index contributed by atoms with van der Waals surface area (Å²) < 4.78 is 12.1. The van der Waals surface area contributed by atoms with Crippen molar-refractivity contribution in [3.05, 3.63) is 56.5 Å². The van der Waals surface area contributed by atoms with Gasteiger partial charge in [0, 0.05) is 10.0 Å². The van der Waals surface area contributed by atoms with Gasteiger partial charge in [0.15, 0.2) is 18.1 Å². The first-order chi connectivity index (χ1) is 12.9. The SMILES string of the molecule is CCOc1cc(/C=N\NC(=O)c2cccc(Br)c2)cc(Br)c1OCC(=O)O. The lowest BCUT2D eigenvalue weighted by Crippen LogP contribution is -2.17. The number of hydrogen-bond donors (Lipinski definition) is 2. The quantitative estimate of drug-likeness (QED) is 0.425. The molecule has 142 valence electrons. The second-order valence-electron chi connectivity index (χ2n) is 5.15. The van der Waals surface area contributed by atoms with Crippen LogP contribution in [0.4, 0.5) is 0 Å². The molecule has 0 aliphatic heterocycles. The maximum absolute atomic E-state index is 12.1. The number of carbonyl (C=O) groups excluding carboxylic acids is 1. The van der Waals surface area contributed by atoms with E-state index >= 15 is 0 Å². The van der Waals surface area contributed by atoms with E-state index in [1.165, 1.54) is 6.21 Å². The van der Waals surface area contributed by atoms with Crippen molar-refractivity contribution in [3.8, 4) is 11.5 Å². The van der Waals surface area contributed by atoms with E-state index in [1.54, 1.807) is 37.3 Å². The Hall–Kier alpha value is -2.39. The standard InChI is InChI=1S/C18H16Br2N2O5/c1-2-26-15-7-11(6-14(20)17(15)27-10-16(23)24)9-21-22-18(25)12-4-3-5-13(19)8-12/h3-9H,2,10H2,1H3,(H,22,25)(H,23,24)/b21-9-. The highest BCUT2D eigenvalue weighted by Crippen LogP contribution is 2.36. The van der Waals surface area contributed by atoms with Crippen LogP contribution in [-0.2, 0) is 4.79 Å². The fourth-order valence-electron chi connectivity index (χ4n) is 2.06. The number of hydrazone groups is 1. The Morgan fingerprint density at radius 2 is 2.00 bits per heavy atom. The van der Waals surface area contributed by atoms with Crippen LogP contribution >= 0.6 is 31.9 Å². The maximum Gasteiger partial charge on any atom is 0.341 e. The smallest absolute Gasteiger partial charge is 0.341 e. The molecular weight excluding hydrogens is 484 g/mol. The minimum atomic E-state index is -1.09. The monoisotopic (exact) mass is 498 g/mol. The van der Waals surface area contributed by atoms with Crippen molar-refractivity contribution in [3.63, 3.8) is 0 Å². The van der Waals surface area contributed by atoms with Gasteiger partial charge in [-0.15, -0.1) is 0 Å². The number of halogens is 2. The fourth-order valence-corrected chi connectivity index (χ4v) is 3.03. The van der Waals surface area contributed by atoms with Crippen molar-refractivity contribution in [1.29, 1.82) is 0 Å². The normalized spacial score (nSPS) is 10.6. The zero-order valence-electron chi connectivity index (χ0n) is 14.2. The van der Waals surface area contributed by atoms with E-state index in [4.69, 9.17) is 14.6 Å². The fraction of sp³-hybridized carbons (Fsp3) is 0.167. The maximum atomic E-state index is 12.1. The molecule has 0 bridgehead atoms. The van der Waals surface area contributed by atoms with E-state index in [2.05, 4.69) is 42.4 Å². The molecule has 1 amide bonds. The van der Waals surface area contributed by atoms with E-state index in [1.807, 2.05) is 6.07 Å². The minimum absolute atomic E-state index is 0.287. The summed E-state index contributed by atoms with van der Waals surface area (Å²) in [6.07, 6.45) is 1.45. The first-order valence-corrected chi connectivity index (χ1v) is 9.39. The summed E-state index contributed by atoms with van der Waals surface area (Å²) in [5.74, 6) is -0.786. The molecule has 0 saturated heterocycles. The highest BCUT2D eigenvalue weighted by Gasteiger charge is 2.13. The zero-order chi connectivity index (χ0) is 19.8. The molecule has 0 spiro atoms. The van der Waals surface area contributed by atoms with Gasteiger partial charge >= 0.3 is 5.97 Å². The Bertz CT molecular complexity index is 871. The van der Waals surface area contributed by atoms with Gasteiger partial charge in [-0.05, 0) is 58.7 Å². The van der Waals surface area contributed by atoms with Crippen molar-refractivity contribution in [2.24, 2.45) is 5.10 Å². The molecule has 0 saturated carbocycles. The summed E-state index contributed by atoms with van der Waals surface area (Å²) in [7, 11) is 0. The van der Waals surface area contributed by atoms with Crippen molar-refractivity contribution < 1.29 is 24.2 Å². The van der Waals surface area contributed by atoms with E-state index in [0.717, 1.165) is 4.47 Å². The number of carboxylic acids is 1. The molecule has 7 nitrogen and oxygen atoms in total. The summed E-state index contributed by atoms with van der Waals surface area (Å²) in [5, 5.41) is 12.7. The lowest BCUT2D eigenvalue weighted by Gasteiger charge is -2.13. The molecule has 2 aromatic rings. The molecule has 0 aliphatic carbocycles. The van der Waals surface area contributed by atoms with Crippen LogP contribution in [0, 0.1) is 0 Å². The number of rotatable bonds is 8. The molecule has 0 aliphatic rings. The van der Waals surface area contributed by atoms with Gasteiger partial charge in [0.05, 0.1) is 17.3 Å². The van der Waals surface area contributed by atoms with Crippen LogP contribution in [0.25, 0.3) is 0 Å². The summed E-state index contributed by atoms with van der Waals surface area (Å²) >= 11 is 6.64. The first kappa shape index (κ1) is 20.9. The number of nitrogens with one attached hydrogen (secondary N) is 1. The molecule has 0 atom stereocenters. The largest absolute Gasteiger partial charge is 0.490 e. The average molecular weight is 500 g/mol. The number of aliphatic carboxylic acids is 1. The number of carbonyl (C=O) groups is 2. The van der Waals surface area contributed by atoms with Gasteiger partial charge in [0.1, 0.15) is 0 Å². The molecule has 0 heterocycles. The summed E-state index contributed by atoms with van der Waals surface area (Å²) in [4.78, 5) is 22.8. The average Bonchev–Trinajstić information content (AvgIpc) is 2.61. The van der Waals surface area contributed by atoms with Gasteiger partial charge in [0.25, 0.3) is 5.91 Å². The van der Waals surface area contributed by atoms with Crippen LogP contribution in [0.2, 0.25) is 0 Å². The number of hydrogen-bond acceptors (Lipinski definition) is 5. The number of amides is 1. The van der Waals surface area contributed by atoms with Gasteiger partial charge in [0.2, 0.25) is 0 Å². The van der Waals surface area contributed by atoms with Crippen LogP contribution in [0.1, 0.15) is 22.8 Å². The molecule has 0 radical (unpaired) electrons. The van der Waals surface area contributed by atoms with Gasteiger partial charge < -0.3 is 14.6 Å². The second kappa shape index (κ2) is 10.1. The molecule has 2 aromatic carbocycles. The number of nitrogens with zero attached hydrogens (tertiary/aromatic N) is 1. The Labute approximate surface area is 172 Å². The molecule has 0 aromatic heterocycles. The van der Waals surface area contributed by atoms with Gasteiger partial charge in [-0.1, -0.05) is 22.0 Å².